The zero-order valence-electron chi connectivity index (χ0n) is 14.4. The summed E-state index contributed by atoms with van der Waals surface area (Å²) in [5, 5.41) is 0. The molecule has 0 spiro atoms. The Hall–Kier alpha value is -3.03. The zero-order valence-corrected chi connectivity index (χ0v) is 14.4. The van der Waals surface area contributed by atoms with E-state index in [4.69, 9.17) is 0 Å². The van der Waals surface area contributed by atoms with Crippen LogP contribution in [0.25, 0.3) is 17.2 Å². The normalized spacial score (nSPS) is 10.0. The molecule has 2 aromatic rings. The Morgan fingerprint density at radius 3 is 2.62 bits per heavy atom. The molecule has 0 fully saturated rings. The zero-order chi connectivity index (χ0) is 17.6. The molecule has 1 aromatic heterocycles. The molecule has 0 aliphatic rings. The molecule has 1 aromatic carbocycles. The van der Waals surface area contributed by atoms with Crippen LogP contribution in [0.2, 0.25) is 0 Å². The van der Waals surface area contributed by atoms with Crippen LogP contribution in [0.4, 0.5) is 0 Å². The van der Waals surface area contributed by atoms with Crippen LogP contribution in [0.1, 0.15) is 31.4 Å². The van der Waals surface area contributed by atoms with E-state index in [2.05, 4.69) is 78.2 Å². The van der Waals surface area contributed by atoms with Gasteiger partial charge in [-0.3, -0.25) is 4.98 Å². The number of rotatable bonds is 5. The van der Waals surface area contributed by atoms with Crippen molar-refractivity contribution in [2.75, 3.05) is 0 Å². The van der Waals surface area contributed by atoms with Crippen molar-refractivity contribution >= 4 is 6.08 Å². The molecule has 0 aliphatic carbocycles. The van der Waals surface area contributed by atoms with Gasteiger partial charge in [-0.2, -0.15) is 0 Å². The lowest BCUT2D eigenvalue weighted by Crippen LogP contribution is -1.89. The second-order valence-corrected chi connectivity index (χ2v) is 4.97. The third-order valence-electron chi connectivity index (χ3n) is 3.40. The number of benzene rings is 1. The van der Waals surface area contributed by atoms with Gasteiger partial charge in [0.25, 0.3) is 0 Å². The van der Waals surface area contributed by atoms with Crippen molar-refractivity contribution in [3.05, 3.63) is 72.1 Å². The van der Waals surface area contributed by atoms with E-state index in [9.17, 15) is 0 Å². The third-order valence-corrected chi connectivity index (χ3v) is 3.40. The van der Waals surface area contributed by atoms with Crippen LogP contribution in [0.5, 0.6) is 0 Å². The van der Waals surface area contributed by atoms with E-state index in [0.29, 0.717) is 0 Å². The fourth-order valence-electron chi connectivity index (χ4n) is 2.22. The maximum absolute atomic E-state index is 4.20. The summed E-state index contributed by atoms with van der Waals surface area (Å²) >= 11 is 0. The minimum Gasteiger partial charge on any atom is -0.264 e. The van der Waals surface area contributed by atoms with Gasteiger partial charge in [0.05, 0.1) is 0 Å². The molecule has 0 aliphatic heterocycles. The highest BCUT2D eigenvalue weighted by atomic mass is 14.6. The highest BCUT2D eigenvalue weighted by molar-refractivity contribution is 5.68. The minimum atomic E-state index is 0.785. The number of hydrogen-bond acceptors (Lipinski definition) is 1. The van der Waals surface area contributed by atoms with E-state index >= 15 is 0 Å². The lowest BCUT2D eigenvalue weighted by Gasteiger charge is -2.07. The molecule has 0 radical (unpaired) electrons. The van der Waals surface area contributed by atoms with Crippen molar-refractivity contribution in [2.45, 2.75) is 26.7 Å². The van der Waals surface area contributed by atoms with Crippen LogP contribution in [-0.2, 0) is 6.42 Å². The second kappa shape index (κ2) is 11.5. The van der Waals surface area contributed by atoms with E-state index in [-0.39, 0.29) is 0 Å². The van der Waals surface area contributed by atoms with Crippen molar-refractivity contribution in [1.82, 2.24) is 4.98 Å². The number of aromatic nitrogens is 1. The van der Waals surface area contributed by atoms with Gasteiger partial charge >= 0.3 is 0 Å². The van der Waals surface area contributed by atoms with E-state index in [1.54, 1.807) is 6.20 Å². The van der Waals surface area contributed by atoms with Gasteiger partial charge in [0, 0.05) is 24.4 Å². The summed E-state index contributed by atoms with van der Waals surface area (Å²) < 4.78 is 0. The van der Waals surface area contributed by atoms with Gasteiger partial charge in [-0.05, 0) is 49.1 Å². The highest BCUT2D eigenvalue weighted by Crippen LogP contribution is 2.23. The summed E-state index contributed by atoms with van der Waals surface area (Å²) in [5.41, 5.74) is 4.82. The molecule has 24 heavy (non-hydrogen) atoms. The molecule has 0 atom stereocenters. The highest BCUT2D eigenvalue weighted by Gasteiger charge is 2.03. The van der Waals surface area contributed by atoms with E-state index in [1.165, 1.54) is 16.7 Å². The molecule has 0 saturated carbocycles. The predicted octanol–water partition coefficient (Wildman–Crippen LogP) is 5.54. The Morgan fingerprint density at radius 2 is 1.96 bits per heavy atom. The van der Waals surface area contributed by atoms with Gasteiger partial charge in [-0.25, -0.2) is 0 Å². The van der Waals surface area contributed by atoms with Crippen LogP contribution in [-0.4, -0.2) is 4.98 Å². The predicted molar refractivity (Wildman–Crippen MR) is 105 cm³/mol. The standard InChI is InChI=1S/C21H21N.C2H2/c1-3-5-7-8-11-19-16-20(21-12-9-15-22-17-21)14-13-18(19)10-6-4-2;1-2/h3,5,8-9,11-17H,7,10H2,1-2H3;1-2H/b5-3-,11-8-;. The van der Waals surface area contributed by atoms with Crippen molar-refractivity contribution in [3.8, 4) is 35.8 Å². The molecule has 1 nitrogen and oxygen atoms in total. The molecule has 0 amide bonds. The van der Waals surface area contributed by atoms with Crippen molar-refractivity contribution < 1.29 is 0 Å². The summed E-state index contributed by atoms with van der Waals surface area (Å²) in [6, 6.07) is 10.6. The Balaban J connectivity index is 0.00000139. The van der Waals surface area contributed by atoms with Gasteiger partial charge < -0.3 is 0 Å². The SMILES string of the molecule is C#C.CC#CCc1ccc(-c2cccnc2)cc1/C=C\C/C=C\C. The van der Waals surface area contributed by atoms with Gasteiger partial charge in [-0.15, -0.1) is 18.8 Å². The van der Waals surface area contributed by atoms with Crippen molar-refractivity contribution in [2.24, 2.45) is 0 Å². The molecule has 120 valence electrons. The Morgan fingerprint density at radius 1 is 1.12 bits per heavy atom. The average molecular weight is 313 g/mol. The quantitative estimate of drug-likeness (QED) is 0.521. The van der Waals surface area contributed by atoms with Crippen LogP contribution in [0.3, 0.4) is 0 Å². The summed E-state index contributed by atoms with van der Waals surface area (Å²) in [6.07, 6.45) is 22.0. The van der Waals surface area contributed by atoms with Crippen LogP contribution >= 0.6 is 0 Å². The van der Waals surface area contributed by atoms with Gasteiger partial charge in [0.1, 0.15) is 0 Å². The number of nitrogens with zero attached hydrogens (tertiary/aromatic N) is 1. The molecule has 0 N–H and O–H groups in total. The maximum Gasteiger partial charge on any atom is 0.0346 e. The molecular weight excluding hydrogens is 290 g/mol. The molecule has 0 unspecified atom stereocenters. The Labute approximate surface area is 146 Å². The Bertz CT molecular complexity index is 753. The first kappa shape index (κ1) is 19.0. The first-order valence-corrected chi connectivity index (χ1v) is 7.89. The number of hydrogen-bond donors (Lipinski definition) is 0. The number of allylic oxidation sites excluding steroid dienone is 3. The first-order valence-electron chi connectivity index (χ1n) is 7.89. The van der Waals surface area contributed by atoms with Crippen LogP contribution in [0.15, 0.2) is 61.0 Å². The smallest absolute Gasteiger partial charge is 0.0346 e. The molecule has 1 heterocycles. The average Bonchev–Trinajstić information content (AvgIpc) is 2.66. The fraction of sp³-hybridized carbons (Fsp3) is 0.174. The third kappa shape index (κ3) is 5.99. The van der Waals surface area contributed by atoms with E-state index < -0.39 is 0 Å². The second-order valence-electron chi connectivity index (χ2n) is 4.97. The van der Waals surface area contributed by atoms with E-state index in [1.807, 2.05) is 26.1 Å². The van der Waals surface area contributed by atoms with Crippen molar-refractivity contribution in [3.63, 3.8) is 0 Å². The van der Waals surface area contributed by atoms with E-state index in [0.717, 1.165) is 18.4 Å². The summed E-state index contributed by atoms with van der Waals surface area (Å²) in [4.78, 5) is 4.20. The van der Waals surface area contributed by atoms with Crippen LogP contribution in [0, 0.1) is 24.7 Å². The van der Waals surface area contributed by atoms with Crippen LogP contribution < -0.4 is 0 Å². The first-order chi connectivity index (χ1) is 11.8. The summed E-state index contributed by atoms with van der Waals surface area (Å²) in [5.74, 6) is 6.13. The molecule has 2 rings (SSSR count). The van der Waals surface area contributed by atoms with Crippen molar-refractivity contribution in [1.29, 1.82) is 0 Å². The lowest BCUT2D eigenvalue weighted by atomic mass is 9.98. The van der Waals surface area contributed by atoms with Gasteiger partial charge in [0.15, 0.2) is 0 Å². The summed E-state index contributed by atoms with van der Waals surface area (Å²) in [6.45, 7) is 3.92. The van der Waals surface area contributed by atoms with Gasteiger partial charge in [-0.1, -0.05) is 48.4 Å². The number of pyridine rings is 1. The maximum atomic E-state index is 4.20. The minimum absolute atomic E-state index is 0.785. The number of terminal acetylenes is 1. The molecule has 1 heteroatoms. The largest absolute Gasteiger partial charge is 0.264 e. The summed E-state index contributed by atoms with van der Waals surface area (Å²) in [7, 11) is 0. The lowest BCUT2D eigenvalue weighted by molar-refractivity contribution is 1.29. The molecular formula is C23H23N. The molecule has 0 bridgehead atoms. The topological polar surface area (TPSA) is 12.9 Å². The molecule has 0 saturated heterocycles. The fourth-order valence-corrected chi connectivity index (χ4v) is 2.22. The Kier molecular flexibility index (Phi) is 9.13. The monoisotopic (exact) mass is 313 g/mol. The van der Waals surface area contributed by atoms with Gasteiger partial charge in [0.2, 0.25) is 0 Å².